The number of anilines is 1. The number of benzene rings is 1. The van der Waals surface area contributed by atoms with Crippen molar-refractivity contribution in [1.29, 1.82) is 0 Å². The molecule has 0 unspecified atom stereocenters. The number of para-hydroxylation sites is 1. The monoisotopic (exact) mass is 246 g/mol. The van der Waals surface area contributed by atoms with Crippen LogP contribution in [0, 0.1) is 5.92 Å². The second kappa shape index (κ2) is 5.89. The summed E-state index contributed by atoms with van der Waals surface area (Å²) in [7, 11) is 0. The number of hydrogen-bond donors (Lipinski definition) is 2. The Labute approximate surface area is 109 Å². The fraction of sp³-hybridized carbons (Fsp3) is 0.533. The summed E-state index contributed by atoms with van der Waals surface area (Å²) in [4.78, 5) is 11.1. The van der Waals surface area contributed by atoms with Crippen molar-refractivity contribution in [3.05, 3.63) is 29.8 Å². The van der Waals surface area contributed by atoms with E-state index in [0.29, 0.717) is 12.5 Å². The van der Waals surface area contributed by atoms with Crippen molar-refractivity contribution in [2.75, 3.05) is 5.32 Å². The molecule has 0 aromatic heterocycles. The van der Waals surface area contributed by atoms with E-state index in [-0.39, 0.29) is 5.91 Å². The van der Waals surface area contributed by atoms with E-state index in [1.54, 1.807) is 0 Å². The van der Waals surface area contributed by atoms with Gasteiger partial charge in [-0.3, -0.25) is 4.79 Å². The molecular formula is C15H22N2O. The van der Waals surface area contributed by atoms with Crippen LogP contribution in [0.25, 0.3) is 0 Å². The van der Waals surface area contributed by atoms with Crippen LogP contribution >= 0.6 is 0 Å². The molecule has 0 aliphatic heterocycles. The third-order valence-electron chi connectivity index (χ3n) is 3.76. The highest BCUT2D eigenvalue weighted by atomic mass is 16.1. The molecule has 3 nitrogen and oxygen atoms in total. The van der Waals surface area contributed by atoms with Crippen molar-refractivity contribution in [1.82, 2.24) is 0 Å². The lowest BCUT2D eigenvalue weighted by Gasteiger charge is -2.28. The molecular weight excluding hydrogens is 224 g/mol. The minimum Gasteiger partial charge on any atom is -0.382 e. The van der Waals surface area contributed by atoms with Gasteiger partial charge in [0.1, 0.15) is 0 Å². The molecule has 3 N–H and O–H groups in total. The molecule has 18 heavy (non-hydrogen) atoms. The molecule has 1 saturated carbocycles. The van der Waals surface area contributed by atoms with E-state index >= 15 is 0 Å². The predicted octanol–water partition coefficient (Wildman–Crippen LogP) is 2.71. The van der Waals surface area contributed by atoms with Crippen LogP contribution in [0.5, 0.6) is 0 Å². The van der Waals surface area contributed by atoms with Gasteiger partial charge in [0.05, 0.1) is 6.42 Å². The maximum absolute atomic E-state index is 11.1. The highest BCUT2D eigenvalue weighted by Gasteiger charge is 2.18. The van der Waals surface area contributed by atoms with Crippen molar-refractivity contribution in [2.24, 2.45) is 11.7 Å². The van der Waals surface area contributed by atoms with Gasteiger partial charge in [-0.05, 0) is 43.2 Å². The Hall–Kier alpha value is -1.51. The molecule has 1 amide bonds. The first-order chi connectivity index (χ1) is 8.65. The Morgan fingerprint density at radius 2 is 1.94 bits per heavy atom. The lowest BCUT2D eigenvalue weighted by Crippen LogP contribution is -2.26. The first kappa shape index (κ1) is 12.9. The van der Waals surface area contributed by atoms with E-state index < -0.39 is 0 Å². The molecule has 2 rings (SSSR count). The van der Waals surface area contributed by atoms with Crippen molar-refractivity contribution in [2.45, 2.75) is 45.1 Å². The van der Waals surface area contributed by atoms with E-state index in [1.807, 2.05) is 24.3 Å². The predicted molar refractivity (Wildman–Crippen MR) is 74.4 cm³/mol. The van der Waals surface area contributed by atoms with Gasteiger partial charge >= 0.3 is 0 Å². The Kier molecular flexibility index (Phi) is 4.24. The Bertz CT molecular complexity index is 409. The topological polar surface area (TPSA) is 55.1 Å². The fourth-order valence-corrected chi connectivity index (χ4v) is 2.63. The van der Waals surface area contributed by atoms with Crippen molar-refractivity contribution < 1.29 is 4.79 Å². The van der Waals surface area contributed by atoms with E-state index in [9.17, 15) is 4.79 Å². The molecule has 0 atom stereocenters. The number of nitrogens with one attached hydrogen (secondary N) is 1. The van der Waals surface area contributed by atoms with Crippen LogP contribution in [0.15, 0.2) is 24.3 Å². The van der Waals surface area contributed by atoms with E-state index in [0.717, 1.165) is 17.2 Å². The quantitative estimate of drug-likeness (QED) is 0.858. The molecule has 1 aromatic rings. The normalized spacial score (nSPS) is 23.6. The minimum atomic E-state index is -0.276. The van der Waals surface area contributed by atoms with Gasteiger partial charge < -0.3 is 11.1 Å². The molecule has 1 aliphatic carbocycles. The highest BCUT2D eigenvalue weighted by molar-refractivity contribution is 5.78. The van der Waals surface area contributed by atoms with Crippen LogP contribution in [0.3, 0.4) is 0 Å². The number of amides is 1. The number of carbonyl (C=O) groups is 1. The largest absolute Gasteiger partial charge is 0.382 e. The summed E-state index contributed by atoms with van der Waals surface area (Å²) in [5, 5.41) is 3.57. The van der Waals surface area contributed by atoms with Crippen LogP contribution < -0.4 is 11.1 Å². The zero-order valence-corrected chi connectivity index (χ0v) is 11.0. The Balaban J connectivity index is 2.02. The van der Waals surface area contributed by atoms with Crippen LogP contribution in [0.1, 0.15) is 38.2 Å². The van der Waals surface area contributed by atoms with Gasteiger partial charge in [0.25, 0.3) is 0 Å². The average molecular weight is 246 g/mol. The number of carbonyl (C=O) groups excluding carboxylic acids is 1. The number of hydrogen-bond acceptors (Lipinski definition) is 2. The molecule has 0 heterocycles. The highest BCUT2D eigenvalue weighted by Crippen LogP contribution is 2.27. The summed E-state index contributed by atoms with van der Waals surface area (Å²) in [6.07, 6.45) is 5.32. The summed E-state index contributed by atoms with van der Waals surface area (Å²) >= 11 is 0. The molecule has 1 aromatic carbocycles. The van der Waals surface area contributed by atoms with Gasteiger partial charge in [0.2, 0.25) is 5.91 Å². The number of primary amides is 1. The van der Waals surface area contributed by atoms with Crippen LogP contribution in [-0.4, -0.2) is 11.9 Å². The standard InChI is InChI=1S/C15H22N2O/c1-11-6-8-13(9-7-11)17-14-5-3-2-4-12(14)10-15(16)18/h2-5,11,13,17H,6-10H2,1H3,(H2,16,18). The molecule has 0 bridgehead atoms. The zero-order valence-electron chi connectivity index (χ0n) is 11.0. The summed E-state index contributed by atoms with van der Waals surface area (Å²) in [6, 6.07) is 8.50. The summed E-state index contributed by atoms with van der Waals surface area (Å²) in [5.74, 6) is 0.574. The third-order valence-corrected chi connectivity index (χ3v) is 3.76. The van der Waals surface area contributed by atoms with Gasteiger partial charge in [0, 0.05) is 11.7 Å². The molecule has 98 valence electrons. The lowest BCUT2D eigenvalue weighted by atomic mass is 9.87. The van der Waals surface area contributed by atoms with Gasteiger partial charge in [0.15, 0.2) is 0 Å². The lowest BCUT2D eigenvalue weighted by molar-refractivity contribution is -0.117. The summed E-state index contributed by atoms with van der Waals surface area (Å²) < 4.78 is 0. The minimum absolute atomic E-state index is 0.276. The maximum atomic E-state index is 11.1. The second-order valence-corrected chi connectivity index (χ2v) is 5.40. The van der Waals surface area contributed by atoms with Crippen LogP contribution in [0.2, 0.25) is 0 Å². The van der Waals surface area contributed by atoms with Gasteiger partial charge in [-0.25, -0.2) is 0 Å². The molecule has 1 fully saturated rings. The van der Waals surface area contributed by atoms with E-state index in [1.165, 1.54) is 25.7 Å². The smallest absolute Gasteiger partial charge is 0.221 e. The van der Waals surface area contributed by atoms with Gasteiger partial charge in [-0.2, -0.15) is 0 Å². The Morgan fingerprint density at radius 3 is 2.61 bits per heavy atom. The molecule has 0 saturated heterocycles. The zero-order chi connectivity index (χ0) is 13.0. The fourth-order valence-electron chi connectivity index (χ4n) is 2.63. The maximum Gasteiger partial charge on any atom is 0.221 e. The average Bonchev–Trinajstić information content (AvgIpc) is 2.34. The number of rotatable bonds is 4. The molecule has 1 aliphatic rings. The summed E-state index contributed by atoms with van der Waals surface area (Å²) in [6.45, 7) is 2.32. The first-order valence-corrected chi connectivity index (χ1v) is 6.78. The van der Waals surface area contributed by atoms with E-state index in [2.05, 4.69) is 12.2 Å². The van der Waals surface area contributed by atoms with Crippen molar-refractivity contribution >= 4 is 11.6 Å². The number of nitrogens with two attached hydrogens (primary N) is 1. The second-order valence-electron chi connectivity index (χ2n) is 5.40. The van der Waals surface area contributed by atoms with Crippen LogP contribution in [-0.2, 0) is 11.2 Å². The molecule has 3 heteroatoms. The molecule has 0 radical (unpaired) electrons. The Morgan fingerprint density at radius 1 is 1.28 bits per heavy atom. The van der Waals surface area contributed by atoms with Gasteiger partial charge in [-0.15, -0.1) is 0 Å². The van der Waals surface area contributed by atoms with Crippen LogP contribution in [0.4, 0.5) is 5.69 Å². The molecule has 0 spiro atoms. The van der Waals surface area contributed by atoms with Crippen molar-refractivity contribution in [3.63, 3.8) is 0 Å². The van der Waals surface area contributed by atoms with E-state index in [4.69, 9.17) is 5.73 Å². The first-order valence-electron chi connectivity index (χ1n) is 6.78. The SMILES string of the molecule is CC1CCC(Nc2ccccc2CC(N)=O)CC1. The van der Waals surface area contributed by atoms with Crippen molar-refractivity contribution in [3.8, 4) is 0 Å². The van der Waals surface area contributed by atoms with Gasteiger partial charge in [-0.1, -0.05) is 25.1 Å². The summed E-state index contributed by atoms with van der Waals surface area (Å²) in [5.41, 5.74) is 7.35. The third kappa shape index (κ3) is 3.49.